The summed E-state index contributed by atoms with van der Waals surface area (Å²) < 4.78 is 10.7. The minimum absolute atomic E-state index is 0.111. The summed E-state index contributed by atoms with van der Waals surface area (Å²) in [5.74, 6) is 0.750. The van der Waals surface area contributed by atoms with E-state index in [0.29, 0.717) is 13.0 Å². The van der Waals surface area contributed by atoms with Crippen molar-refractivity contribution in [2.75, 3.05) is 6.61 Å². The first-order valence-corrected chi connectivity index (χ1v) is 7.13. The Labute approximate surface area is 115 Å². The molecular formula is C16H24O3. The van der Waals surface area contributed by atoms with Gasteiger partial charge in [-0.15, -0.1) is 0 Å². The highest BCUT2D eigenvalue weighted by molar-refractivity contribution is 5.69. The maximum absolute atomic E-state index is 11.5. The van der Waals surface area contributed by atoms with Crippen LogP contribution < -0.4 is 4.74 Å². The summed E-state index contributed by atoms with van der Waals surface area (Å²) in [7, 11) is 0. The molecule has 0 saturated carbocycles. The Morgan fingerprint density at radius 1 is 1.05 bits per heavy atom. The van der Waals surface area contributed by atoms with E-state index >= 15 is 0 Å². The van der Waals surface area contributed by atoms with Crippen LogP contribution in [0, 0.1) is 0 Å². The van der Waals surface area contributed by atoms with Crippen LogP contribution in [0.4, 0.5) is 0 Å². The van der Waals surface area contributed by atoms with Gasteiger partial charge in [-0.1, -0.05) is 38.8 Å². The van der Waals surface area contributed by atoms with Gasteiger partial charge in [-0.2, -0.15) is 0 Å². The molecule has 0 heterocycles. The predicted octanol–water partition coefficient (Wildman–Crippen LogP) is 4.10. The maximum atomic E-state index is 11.5. The zero-order valence-electron chi connectivity index (χ0n) is 12.0. The molecule has 0 atom stereocenters. The van der Waals surface area contributed by atoms with Crippen LogP contribution in [0.3, 0.4) is 0 Å². The van der Waals surface area contributed by atoms with E-state index in [1.807, 2.05) is 24.3 Å². The lowest BCUT2D eigenvalue weighted by atomic mass is 10.2. The Balaban J connectivity index is 2.27. The fourth-order valence-electron chi connectivity index (χ4n) is 1.66. The highest BCUT2D eigenvalue weighted by Crippen LogP contribution is 2.13. The minimum atomic E-state index is -0.111. The van der Waals surface area contributed by atoms with Crippen LogP contribution in [0.25, 0.3) is 0 Å². The largest absolute Gasteiger partial charge is 0.494 e. The van der Waals surface area contributed by atoms with Crippen molar-refractivity contribution in [1.82, 2.24) is 0 Å². The van der Waals surface area contributed by atoms with Crippen molar-refractivity contribution in [2.45, 2.75) is 52.6 Å². The lowest BCUT2D eigenvalue weighted by Gasteiger charge is -2.07. The van der Waals surface area contributed by atoms with Gasteiger partial charge in [0.2, 0.25) is 0 Å². The normalized spacial score (nSPS) is 10.2. The molecule has 0 N–H and O–H groups in total. The van der Waals surface area contributed by atoms with E-state index in [1.165, 1.54) is 0 Å². The molecule has 0 spiro atoms. The number of ether oxygens (including phenoxy) is 2. The highest BCUT2D eigenvalue weighted by Gasteiger charge is 2.03. The van der Waals surface area contributed by atoms with E-state index in [2.05, 4.69) is 13.8 Å². The van der Waals surface area contributed by atoms with Crippen molar-refractivity contribution in [3.05, 3.63) is 29.8 Å². The second kappa shape index (κ2) is 9.42. The zero-order chi connectivity index (χ0) is 13.9. The molecule has 0 aliphatic rings. The molecule has 3 nitrogen and oxygen atoms in total. The first-order chi connectivity index (χ1) is 9.26. The van der Waals surface area contributed by atoms with Gasteiger partial charge in [0.05, 0.1) is 6.61 Å². The van der Waals surface area contributed by atoms with Crippen LogP contribution in [0.15, 0.2) is 24.3 Å². The van der Waals surface area contributed by atoms with Crippen LogP contribution in [-0.2, 0) is 16.1 Å². The molecule has 0 radical (unpaired) electrons. The van der Waals surface area contributed by atoms with Crippen molar-refractivity contribution in [3.63, 3.8) is 0 Å². The first-order valence-electron chi connectivity index (χ1n) is 7.13. The second-order valence-corrected chi connectivity index (χ2v) is 4.61. The lowest BCUT2D eigenvalue weighted by molar-refractivity contribution is -0.145. The summed E-state index contributed by atoms with van der Waals surface area (Å²) in [5, 5.41) is 0. The summed E-state index contributed by atoms with van der Waals surface area (Å²) in [6, 6.07) is 7.69. The molecule has 19 heavy (non-hydrogen) atoms. The van der Waals surface area contributed by atoms with Crippen molar-refractivity contribution < 1.29 is 14.3 Å². The van der Waals surface area contributed by atoms with Crippen LogP contribution in [-0.4, -0.2) is 12.6 Å². The number of unbranched alkanes of at least 4 members (excludes halogenated alkanes) is 2. The van der Waals surface area contributed by atoms with Gasteiger partial charge in [0, 0.05) is 6.42 Å². The van der Waals surface area contributed by atoms with Gasteiger partial charge in [-0.05, 0) is 30.5 Å². The van der Waals surface area contributed by atoms with Crippen molar-refractivity contribution in [1.29, 1.82) is 0 Å². The van der Waals surface area contributed by atoms with Crippen LogP contribution in [0.2, 0.25) is 0 Å². The third kappa shape index (κ3) is 6.85. The molecule has 0 aliphatic heterocycles. The van der Waals surface area contributed by atoms with Crippen molar-refractivity contribution in [2.24, 2.45) is 0 Å². The Morgan fingerprint density at radius 3 is 2.42 bits per heavy atom. The van der Waals surface area contributed by atoms with Gasteiger partial charge in [0.15, 0.2) is 0 Å². The van der Waals surface area contributed by atoms with Gasteiger partial charge in [0.1, 0.15) is 12.4 Å². The van der Waals surface area contributed by atoms with Crippen LogP contribution in [0.5, 0.6) is 5.75 Å². The van der Waals surface area contributed by atoms with Crippen LogP contribution >= 0.6 is 0 Å². The summed E-state index contributed by atoms with van der Waals surface area (Å²) in [6.07, 6.45) is 4.63. The molecule has 0 aliphatic carbocycles. The smallest absolute Gasteiger partial charge is 0.306 e. The second-order valence-electron chi connectivity index (χ2n) is 4.61. The summed E-state index contributed by atoms with van der Waals surface area (Å²) in [5.41, 5.74) is 0.993. The SMILES string of the molecule is CCCCCC(=O)OCc1ccc(OCCC)cc1. The monoisotopic (exact) mass is 264 g/mol. The average Bonchev–Trinajstić information content (AvgIpc) is 2.44. The van der Waals surface area contributed by atoms with Gasteiger partial charge >= 0.3 is 5.97 Å². The van der Waals surface area contributed by atoms with E-state index in [1.54, 1.807) is 0 Å². The number of hydrogen-bond acceptors (Lipinski definition) is 3. The topological polar surface area (TPSA) is 35.5 Å². The molecule has 0 bridgehead atoms. The van der Waals surface area contributed by atoms with Gasteiger partial charge < -0.3 is 9.47 Å². The van der Waals surface area contributed by atoms with Gasteiger partial charge in [0.25, 0.3) is 0 Å². The van der Waals surface area contributed by atoms with E-state index in [-0.39, 0.29) is 5.97 Å². The lowest BCUT2D eigenvalue weighted by Crippen LogP contribution is -2.04. The van der Waals surface area contributed by atoms with Gasteiger partial charge in [-0.25, -0.2) is 0 Å². The summed E-state index contributed by atoms with van der Waals surface area (Å²) in [6.45, 7) is 5.27. The Morgan fingerprint density at radius 2 is 1.79 bits per heavy atom. The third-order valence-electron chi connectivity index (χ3n) is 2.78. The molecule has 1 aromatic rings. The minimum Gasteiger partial charge on any atom is -0.494 e. The molecule has 0 saturated heterocycles. The molecule has 1 aromatic carbocycles. The molecule has 0 fully saturated rings. The Kier molecular flexibility index (Phi) is 7.71. The first kappa shape index (κ1) is 15.5. The van der Waals surface area contributed by atoms with Crippen molar-refractivity contribution in [3.8, 4) is 5.75 Å². The Bertz CT molecular complexity index is 357. The van der Waals surface area contributed by atoms with E-state index < -0.39 is 0 Å². The Hall–Kier alpha value is -1.51. The zero-order valence-corrected chi connectivity index (χ0v) is 12.0. The standard InChI is InChI=1S/C16H24O3/c1-3-5-6-7-16(17)19-13-14-8-10-15(11-9-14)18-12-4-2/h8-11H,3-7,12-13H2,1-2H3. The van der Waals surface area contributed by atoms with E-state index in [4.69, 9.17) is 9.47 Å². The number of benzene rings is 1. The molecule has 1 rings (SSSR count). The third-order valence-corrected chi connectivity index (χ3v) is 2.78. The van der Waals surface area contributed by atoms with Crippen LogP contribution in [0.1, 0.15) is 51.5 Å². The number of carbonyl (C=O) groups excluding carboxylic acids is 1. The van der Waals surface area contributed by atoms with E-state index in [0.717, 1.165) is 43.6 Å². The molecular weight excluding hydrogens is 240 g/mol. The summed E-state index contributed by atoms with van der Waals surface area (Å²) >= 11 is 0. The molecule has 0 aromatic heterocycles. The number of esters is 1. The van der Waals surface area contributed by atoms with Crippen molar-refractivity contribution >= 4 is 5.97 Å². The number of carbonyl (C=O) groups is 1. The molecule has 106 valence electrons. The average molecular weight is 264 g/mol. The maximum Gasteiger partial charge on any atom is 0.306 e. The molecule has 0 unspecified atom stereocenters. The fourth-order valence-corrected chi connectivity index (χ4v) is 1.66. The number of rotatable bonds is 9. The fraction of sp³-hybridized carbons (Fsp3) is 0.562. The molecule has 0 amide bonds. The number of hydrogen-bond donors (Lipinski definition) is 0. The highest BCUT2D eigenvalue weighted by atomic mass is 16.5. The van der Waals surface area contributed by atoms with Gasteiger partial charge in [-0.3, -0.25) is 4.79 Å². The quantitative estimate of drug-likeness (QED) is 0.497. The molecule has 3 heteroatoms. The predicted molar refractivity (Wildman–Crippen MR) is 76.2 cm³/mol. The summed E-state index contributed by atoms with van der Waals surface area (Å²) in [4.78, 5) is 11.5. The van der Waals surface area contributed by atoms with E-state index in [9.17, 15) is 4.79 Å².